The van der Waals surface area contributed by atoms with E-state index in [0.717, 1.165) is 24.0 Å². The molecule has 12 heteroatoms. The monoisotopic (exact) mass is 560 g/mol. The zero-order valence-corrected chi connectivity index (χ0v) is 22.9. The lowest BCUT2D eigenvalue weighted by Gasteiger charge is -2.30. The molecule has 2 amide bonds. The van der Waals surface area contributed by atoms with E-state index >= 15 is 0 Å². The average Bonchev–Trinajstić information content (AvgIpc) is 3.80. The summed E-state index contributed by atoms with van der Waals surface area (Å²) in [4.78, 5) is 30.2. The molecule has 4 aromatic rings. The third-order valence-corrected chi connectivity index (χ3v) is 6.81. The molecular formula is C29H32N6O6. The number of carbonyl (C=O) groups is 2. The Labute approximate surface area is 237 Å². The molecule has 0 spiro atoms. The zero-order valence-electron chi connectivity index (χ0n) is 22.9. The lowest BCUT2D eigenvalue weighted by molar-refractivity contribution is -0.143. The number of aromatic nitrogens is 4. The molecule has 214 valence electrons. The Morgan fingerprint density at radius 1 is 1.07 bits per heavy atom. The Kier molecular flexibility index (Phi) is 8.89. The van der Waals surface area contributed by atoms with Crippen LogP contribution >= 0.6 is 0 Å². The summed E-state index contributed by atoms with van der Waals surface area (Å²) in [7, 11) is 3.17. The number of amides is 2. The minimum Gasteiger partial charge on any atom is -0.497 e. The molecule has 0 aliphatic carbocycles. The van der Waals surface area contributed by atoms with E-state index in [2.05, 4.69) is 20.7 Å². The number of methoxy groups -OCH3 is 2. The van der Waals surface area contributed by atoms with Crippen molar-refractivity contribution in [3.05, 3.63) is 78.3 Å². The molecule has 1 saturated heterocycles. The van der Waals surface area contributed by atoms with Crippen molar-refractivity contribution >= 4 is 11.8 Å². The van der Waals surface area contributed by atoms with E-state index in [4.69, 9.17) is 18.6 Å². The molecule has 2 atom stereocenters. The van der Waals surface area contributed by atoms with Gasteiger partial charge < -0.3 is 28.8 Å². The molecular weight excluding hydrogens is 528 g/mol. The van der Waals surface area contributed by atoms with Crippen molar-refractivity contribution in [1.82, 2.24) is 30.4 Å². The van der Waals surface area contributed by atoms with Gasteiger partial charge in [0.2, 0.25) is 11.7 Å². The van der Waals surface area contributed by atoms with Gasteiger partial charge in [-0.15, -0.1) is 10.2 Å². The summed E-state index contributed by atoms with van der Waals surface area (Å²) in [6.45, 7) is 0.904. The molecule has 41 heavy (non-hydrogen) atoms. The van der Waals surface area contributed by atoms with E-state index in [1.807, 2.05) is 24.3 Å². The Morgan fingerprint density at radius 3 is 2.44 bits per heavy atom. The summed E-state index contributed by atoms with van der Waals surface area (Å²) >= 11 is 0. The van der Waals surface area contributed by atoms with Gasteiger partial charge in [-0.3, -0.25) is 9.59 Å². The van der Waals surface area contributed by atoms with E-state index in [0.29, 0.717) is 36.2 Å². The van der Waals surface area contributed by atoms with Crippen LogP contribution in [0.15, 0.2) is 71.3 Å². The number of rotatable bonds is 12. The van der Waals surface area contributed by atoms with Crippen LogP contribution in [0.4, 0.5) is 0 Å². The zero-order chi connectivity index (χ0) is 28.6. The summed E-state index contributed by atoms with van der Waals surface area (Å²) in [6, 6.07) is 16.8. The van der Waals surface area contributed by atoms with Gasteiger partial charge in [0, 0.05) is 25.3 Å². The topological polar surface area (TPSA) is 134 Å². The standard InChI is InChI=1S/C29H32N6O6/c1-38-22-11-7-20(8-12-22)18-34(27(25-6-4-16-41-25)29(37)30-17-24-5-3-15-40-24)26(36)19-35-32-28(31-33-35)21-9-13-23(39-2)14-10-21/h4,6-14,16,24,27H,3,5,15,17-19H2,1-2H3,(H,30,37). The average molecular weight is 561 g/mol. The Hall–Kier alpha value is -4.71. The number of benzene rings is 2. The highest BCUT2D eigenvalue weighted by atomic mass is 16.5. The highest BCUT2D eigenvalue weighted by Gasteiger charge is 2.34. The molecule has 0 saturated carbocycles. The highest BCUT2D eigenvalue weighted by Crippen LogP contribution is 2.26. The Morgan fingerprint density at radius 2 is 1.80 bits per heavy atom. The fraction of sp³-hybridized carbons (Fsp3) is 0.345. The maximum Gasteiger partial charge on any atom is 0.250 e. The molecule has 0 bridgehead atoms. The molecule has 2 aromatic heterocycles. The first kappa shape index (κ1) is 27.8. The first-order valence-corrected chi connectivity index (χ1v) is 13.3. The normalized spacial score (nSPS) is 15.3. The van der Waals surface area contributed by atoms with Crippen molar-refractivity contribution in [2.75, 3.05) is 27.4 Å². The maximum absolute atomic E-state index is 13.9. The lowest BCUT2D eigenvalue weighted by Crippen LogP contribution is -2.46. The van der Waals surface area contributed by atoms with Gasteiger partial charge in [-0.1, -0.05) is 12.1 Å². The molecule has 1 aliphatic heterocycles. The van der Waals surface area contributed by atoms with Crippen molar-refractivity contribution in [2.45, 2.75) is 38.1 Å². The summed E-state index contributed by atoms with van der Waals surface area (Å²) in [5.74, 6) is 1.31. The summed E-state index contributed by atoms with van der Waals surface area (Å²) < 4.78 is 21.8. The molecule has 2 unspecified atom stereocenters. The molecule has 1 fully saturated rings. The van der Waals surface area contributed by atoms with E-state index in [1.165, 1.54) is 16.0 Å². The van der Waals surface area contributed by atoms with Crippen LogP contribution in [0.1, 0.15) is 30.2 Å². The van der Waals surface area contributed by atoms with Crippen molar-refractivity contribution in [3.8, 4) is 22.9 Å². The van der Waals surface area contributed by atoms with Gasteiger partial charge in [-0.2, -0.15) is 4.80 Å². The number of hydrogen-bond acceptors (Lipinski definition) is 9. The van der Waals surface area contributed by atoms with Gasteiger partial charge in [0.15, 0.2) is 6.04 Å². The van der Waals surface area contributed by atoms with Crippen molar-refractivity contribution < 1.29 is 28.2 Å². The van der Waals surface area contributed by atoms with Crippen LogP contribution in [0.25, 0.3) is 11.4 Å². The smallest absolute Gasteiger partial charge is 0.250 e. The molecule has 3 heterocycles. The number of ether oxygens (including phenoxy) is 3. The molecule has 0 radical (unpaired) electrons. The van der Waals surface area contributed by atoms with Gasteiger partial charge in [0.25, 0.3) is 5.91 Å². The quantitative estimate of drug-likeness (QED) is 0.277. The van der Waals surface area contributed by atoms with Crippen molar-refractivity contribution in [3.63, 3.8) is 0 Å². The molecule has 1 aliphatic rings. The van der Waals surface area contributed by atoms with Crippen LogP contribution < -0.4 is 14.8 Å². The van der Waals surface area contributed by atoms with Crippen molar-refractivity contribution in [2.24, 2.45) is 0 Å². The minimum absolute atomic E-state index is 0.0577. The van der Waals surface area contributed by atoms with Gasteiger partial charge in [0.05, 0.1) is 26.6 Å². The van der Waals surface area contributed by atoms with E-state index in [-0.39, 0.29) is 25.1 Å². The van der Waals surface area contributed by atoms with Crippen molar-refractivity contribution in [1.29, 1.82) is 0 Å². The second-order valence-electron chi connectivity index (χ2n) is 9.54. The summed E-state index contributed by atoms with van der Waals surface area (Å²) in [5, 5.41) is 15.5. The number of tetrazole rings is 1. The summed E-state index contributed by atoms with van der Waals surface area (Å²) in [5.41, 5.74) is 1.52. The molecule has 12 nitrogen and oxygen atoms in total. The van der Waals surface area contributed by atoms with Crippen LogP contribution in [0.2, 0.25) is 0 Å². The van der Waals surface area contributed by atoms with E-state index in [1.54, 1.807) is 50.6 Å². The number of nitrogens with one attached hydrogen (secondary N) is 1. The number of hydrogen-bond donors (Lipinski definition) is 1. The van der Waals surface area contributed by atoms with E-state index in [9.17, 15) is 9.59 Å². The van der Waals surface area contributed by atoms with Gasteiger partial charge in [0.1, 0.15) is 23.8 Å². The second kappa shape index (κ2) is 13.1. The third-order valence-electron chi connectivity index (χ3n) is 6.81. The van der Waals surface area contributed by atoms with Crippen LogP contribution in [-0.2, 0) is 27.4 Å². The van der Waals surface area contributed by atoms with Gasteiger partial charge in [-0.05, 0) is 72.1 Å². The Bertz CT molecular complexity index is 1420. The minimum atomic E-state index is -1.04. The number of carbonyl (C=O) groups excluding carboxylic acids is 2. The van der Waals surface area contributed by atoms with Gasteiger partial charge >= 0.3 is 0 Å². The second-order valence-corrected chi connectivity index (χ2v) is 9.54. The van der Waals surface area contributed by atoms with Crippen LogP contribution in [0.3, 0.4) is 0 Å². The van der Waals surface area contributed by atoms with Crippen LogP contribution in [0, 0.1) is 0 Å². The first-order valence-electron chi connectivity index (χ1n) is 13.3. The molecule has 2 aromatic carbocycles. The highest BCUT2D eigenvalue weighted by molar-refractivity contribution is 5.88. The number of furan rings is 1. The summed E-state index contributed by atoms with van der Waals surface area (Å²) in [6.07, 6.45) is 3.24. The third kappa shape index (κ3) is 6.90. The lowest BCUT2D eigenvalue weighted by atomic mass is 10.1. The fourth-order valence-corrected chi connectivity index (χ4v) is 4.62. The van der Waals surface area contributed by atoms with Crippen LogP contribution in [0.5, 0.6) is 11.5 Å². The SMILES string of the molecule is COc1ccc(CN(C(=O)Cn2nnc(-c3ccc(OC)cc3)n2)C(C(=O)NCC2CCCO2)c2ccco2)cc1. The predicted molar refractivity (Wildman–Crippen MR) is 147 cm³/mol. The van der Waals surface area contributed by atoms with E-state index < -0.39 is 11.9 Å². The molecule has 5 rings (SSSR count). The largest absolute Gasteiger partial charge is 0.497 e. The molecule has 1 N–H and O–H groups in total. The van der Waals surface area contributed by atoms with Crippen LogP contribution in [-0.4, -0.2) is 70.4 Å². The number of nitrogens with zero attached hydrogens (tertiary/aromatic N) is 5. The first-order chi connectivity index (χ1) is 20.0. The van der Waals surface area contributed by atoms with Gasteiger partial charge in [-0.25, -0.2) is 0 Å². The fourth-order valence-electron chi connectivity index (χ4n) is 4.62. The maximum atomic E-state index is 13.9. The Balaban J connectivity index is 1.40. The predicted octanol–water partition coefficient (Wildman–Crippen LogP) is 3.02.